The minimum atomic E-state index is -0.758. The molecule has 3 aromatic carbocycles. The number of nitrogens with one attached hydrogen (secondary N) is 1. The maximum atomic E-state index is 18.0. The van der Waals surface area contributed by atoms with Crippen LogP contribution in [0.4, 0.5) is 32.2 Å². The fraction of sp³-hybridized carbons (Fsp3) is 0.348. The zero-order valence-electron chi connectivity index (χ0n) is 35.4. The van der Waals surface area contributed by atoms with E-state index in [0.29, 0.717) is 77.3 Å². The molecule has 0 unspecified atom stereocenters. The van der Waals surface area contributed by atoms with Crippen molar-refractivity contribution in [2.75, 3.05) is 42.5 Å². The van der Waals surface area contributed by atoms with E-state index in [1.165, 1.54) is 4.90 Å². The van der Waals surface area contributed by atoms with Gasteiger partial charge in [0.1, 0.15) is 29.4 Å². The molecule has 1 aliphatic heterocycles. The highest BCUT2D eigenvalue weighted by atomic mass is 19.1. The fourth-order valence-corrected chi connectivity index (χ4v) is 8.90. The molecule has 2 N–H and O–H groups in total. The Bertz CT molecular complexity index is 2650. The van der Waals surface area contributed by atoms with Crippen LogP contribution in [0.3, 0.4) is 0 Å². The lowest BCUT2D eigenvalue weighted by atomic mass is 9.39. The summed E-state index contributed by atoms with van der Waals surface area (Å²) in [4.78, 5) is 43.0. The van der Waals surface area contributed by atoms with E-state index >= 15 is 4.39 Å². The first-order valence-corrected chi connectivity index (χ1v) is 20.4. The molecule has 10 rings (SSSR count). The number of halogens is 1. The Hall–Kier alpha value is -6.97. The summed E-state index contributed by atoms with van der Waals surface area (Å²) in [6.07, 6.45) is 7.75. The van der Waals surface area contributed by atoms with Gasteiger partial charge in [-0.25, -0.2) is 24.1 Å². The Morgan fingerprint density at radius 2 is 1.58 bits per heavy atom. The Labute approximate surface area is 357 Å². The molecule has 4 heterocycles. The third-order valence-corrected chi connectivity index (χ3v) is 12.0. The number of ether oxygens (including phenoxy) is 4. The van der Waals surface area contributed by atoms with Crippen LogP contribution in [0, 0.1) is 18.2 Å². The third-order valence-electron chi connectivity index (χ3n) is 12.0. The van der Waals surface area contributed by atoms with Gasteiger partial charge < -0.3 is 34.3 Å². The summed E-state index contributed by atoms with van der Waals surface area (Å²) in [5.74, 6) is 0.598. The van der Waals surface area contributed by atoms with E-state index in [-0.39, 0.29) is 41.8 Å². The second-order valence-electron chi connectivity index (χ2n) is 17.3. The van der Waals surface area contributed by atoms with Crippen molar-refractivity contribution in [1.29, 1.82) is 0 Å². The summed E-state index contributed by atoms with van der Waals surface area (Å²) in [5.41, 5.74) is 3.05. The molecule has 0 saturated heterocycles. The normalized spacial score (nSPS) is 18.8. The molecule has 4 aliphatic rings. The largest absolute Gasteiger partial charge is 0.497 e. The number of hydrogen-bond acceptors (Lipinski definition) is 12. The summed E-state index contributed by atoms with van der Waals surface area (Å²) in [6.45, 7) is 8.25. The maximum absolute atomic E-state index is 18.0. The van der Waals surface area contributed by atoms with Crippen molar-refractivity contribution in [1.82, 2.24) is 24.7 Å². The molecular formula is C46H47FN8O7. The number of methoxy groups -OCH3 is 2. The summed E-state index contributed by atoms with van der Waals surface area (Å²) in [5, 5.41) is 17.9. The zero-order valence-corrected chi connectivity index (χ0v) is 35.4. The van der Waals surface area contributed by atoms with Gasteiger partial charge in [0.05, 0.1) is 54.8 Å². The van der Waals surface area contributed by atoms with E-state index in [9.17, 15) is 14.7 Å². The first-order chi connectivity index (χ1) is 29.7. The molecule has 15 nitrogen and oxygen atoms in total. The highest BCUT2D eigenvalue weighted by Crippen LogP contribution is 2.71. The number of carboxylic acids is 1. The van der Waals surface area contributed by atoms with Gasteiger partial charge in [0.2, 0.25) is 11.8 Å². The Morgan fingerprint density at radius 3 is 2.18 bits per heavy atom. The first-order valence-electron chi connectivity index (χ1n) is 20.4. The Morgan fingerprint density at radius 1 is 0.935 bits per heavy atom. The topological polar surface area (TPSA) is 166 Å². The number of hydrogen-bond donors (Lipinski definition) is 2. The molecule has 3 aromatic heterocycles. The van der Waals surface area contributed by atoms with Crippen LogP contribution >= 0.6 is 0 Å². The fourth-order valence-electron chi connectivity index (χ4n) is 8.90. The van der Waals surface area contributed by atoms with Gasteiger partial charge in [0.15, 0.2) is 5.82 Å². The number of pyridine rings is 1. The van der Waals surface area contributed by atoms with Crippen molar-refractivity contribution < 1.29 is 38.0 Å². The first kappa shape index (κ1) is 40.4. The molecule has 62 heavy (non-hydrogen) atoms. The number of carbonyl (C=O) groups is 2. The highest BCUT2D eigenvalue weighted by Gasteiger charge is 2.73. The van der Waals surface area contributed by atoms with E-state index in [4.69, 9.17) is 23.9 Å². The average Bonchev–Trinajstić information content (AvgIpc) is 3.67. The summed E-state index contributed by atoms with van der Waals surface area (Å²) in [7, 11) is 3.21. The van der Waals surface area contributed by atoms with Crippen molar-refractivity contribution in [2.24, 2.45) is 5.41 Å². The van der Waals surface area contributed by atoms with Gasteiger partial charge in [0, 0.05) is 48.2 Å². The summed E-state index contributed by atoms with van der Waals surface area (Å²) < 4.78 is 42.4. The Balaban J connectivity index is 1.17. The molecule has 16 heteroatoms. The number of anilines is 4. The second-order valence-corrected chi connectivity index (χ2v) is 17.3. The number of aromatic nitrogens is 5. The van der Waals surface area contributed by atoms with Crippen LogP contribution in [0.15, 0.2) is 79.4 Å². The quantitative estimate of drug-likeness (QED) is 0.121. The number of carbonyl (C=O) groups excluding carboxylic acids is 1. The Kier molecular flexibility index (Phi) is 9.90. The minimum Gasteiger partial charge on any atom is -0.497 e. The molecule has 320 valence electrons. The van der Waals surface area contributed by atoms with Crippen molar-refractivity contribution in [2.45, 2.75) is 71.2 Å². The number of rotatable bonds is 12. The SMILES string of the molecule is COc1ccc(CN(Cc2ccc(OC)cc2)c2c(F)c(-c3cnc4c(c3C)N(C(=O)OC(C)(C)C)CCO4)cc3nc(Nc4cnn(C56CC(C(=O)O)(C5)C6)c4)ncc23)cc1. The lowest BCUT2D eigenvalue weighted by Gasteiger charge is -2.67. The van der Waals surface area contributed by atoms with E-state index in [1.54, 1.807) is 59.6 Å². The number of carboxylic acid groups (broad SMARTS) is 1. The van der Waals surface area contributed by atoms with E-state index < -0.39 is 28.9 Å². The lowest BCUT2D eigenvalue weighted by molar-refractivity contribution is -0.216. The molecule has 6 aromatic rings. The van der Waals surface area contributed by atoms with Gasteiger partial charge in [-0.05, 0) is 94.0 Å². The molecular weight excluding hydrogens is 796 g/mol. The lowest BCUT2D eigenvalue weighted by Crippen LogP contribution is -2.70. The van der Waals surface area contributed by atoms with Crippen molar-refractivity contribution >= 4 is 46.0 Å². The standard InChI is InChI=1S/C46H47FN8O7/c1-27-34(19-48-40-38(27)54(15-16-61-40)43(58)62-44(2,3)4)33-17-36-35(20-49-42(52-36)51-30-18-50-55(23-30)46-24-45(25-46,26-46)41(56)57)39(37(33)47)53(21-28-7-11-31(59-5)12-8-28)22-29-9-13-32(60-6)14-10-29/h7-14,17-20,23H,15-16,21-22,24-26H2,1-6H3,(H,56,57)(H,49,51,52). The monoisotopic (exact) mass is 842 g/mol. The number of benzene rings is 3. The van der Waals surface area contributed by atoms with Crippen molar-refractivity contribution in [3.63, 3.8) is 0 Å². The number of aliphatic carboxylic acids is 1. The van der Waals surface area contributed by atoms with Gasteiger partial charge in [0.25, 0.3) is 0 Å². The molecule has 3 fully saturated rings. The molecule has 3 aliphatic carbocycles. The van der Waals surface area contributed by atoms with Crippen LogP contribution in [0.25, 0.3) is 22.0 Å². The van der Waals surface area contributed by atoms with Crippen LogP contribution < -0.4 is 29.3 Å². The predicted molar refractivity (Wildman–Crippen MR) is 230 cm³/mol. The van der Waals surface area contributed by atoms with Crippen molar-refractivity contribution in [3.8, 4) is 28.5 Å². The minimum absolute atomic E-state index is 0.206. The van der Waals surface area contributed by atoms with Gasteiger partial charge >= 0.3 is 12.1 Å². The van der Waals surface area contributed by atoms with Crippen LogP contribution in [0.1, 0.15) is 56.7 Å². The van der Waals surface area contributed by atoms with E-state index in [1.807, 2.05) is 71.2 Å². The molecule has 0 spiro atoms. The van der Waals surface area contributed by atoms with Gasteiger partial charge in [-0.3, -0.25) is 14.4 Å². The molecule has 0 radical (unpaired) electrons. The smallest absolute Gasteiger partial charge is 0.415 e. The van der Waals surface area contributed by atoms with Crippen LogP contribution in [0.2, 0.25) is 0 Å². The number of nitrogens with zero attached hydrogens (tertiary/aromatic N) is 7. The molecule has 0 atom stereocenters. The molecule has 3 saturated carbocycles. The predicted octanol–water partition coefficient (Wildman–Crippen LogP) is 8.40. The van der Waals surface area contributed by atoms with Crippen LogP contribution in [0.5, 0.6) is 17.4 Å². The zero-order chi connectivity index (χ0) is 43.6. The van der Waals surface area contributed by atoms with E-state index in [0.717, 1.165) is 11.1 Å². The molecule has 2 bridgehead atoms. The van der Waals surface area contributed by atoms with Gasteiger partial charge in [-0.1, -0.05) is 24.3 Å². The number of amides is 1. The van der Waals surface area contributed by atoms with Gasteiger partial charge in [-0.15, -0.1) is 0 Å². The van der Waals surface area contributed by atoms with Crippen LogP contribution in [-0.2, 0) is 28.2 Å². The van der Waals surface area contributed by atoms with E-state index in [2.05, 4.69) is 20.4 Å². The number of fused-ring (bicyclic) bond motifs is 2. The average molecular weight is 843 g/mol. The highest BCUT2D eigenvalue weighted by molar-refractivity contribution is 5.99. The second kappa shape index (κ2) is 15.2. The third kappa shape index (κ3) is 7.22. The maximum Gasteiger partial charge on any atom is 0.415 e. The van der Waals surface area contributed by atoms with Crippen LogP contribution in [-0.4, -0.2) is 74.9 Å². The van der Waals surface area contributed by atoms with Crippen molar-refractivity contribution in [3.05, 3.63) is 102 Å². The molecule has 1 amide bonds. The summed E-state index contributed by atoms with van der Waals surface area (Å²) in [6, 6.07) is 16.9. The van der Waals surface area contributed by atoms with Gasteiger partial charge in [-0.2, -0.15) is 5.10 Å². The summed E-state index contributed by atoms with van der Waals surface area (Å²) >= 11 is 0.